The standard InChI is InChI=1S/C64H47N/c1-63(2)59-29-17-15-27-53(59)57-41-52(39-40-60(57)63)65(50-35-31-45(32-36-50)44-19-7-3-8-20-44)51-37-33-47(34-38-51)55-42-58-54-28-16-18-30-61(54)64(48-23-11-5-12-24-48,49-25-13-6-14-26-49)62(58)43-56(55)46-21-9-4-10-22-46/h3-43H,1-2H3. The van der Waals surface area contributed by atoms with Crippen LogP contribution in [0.2, 0.25) is 0 Å². The fraction of sp³-hybridized carbons (Fsp3) is 0.0625. The van der Waals surface area contributed by atoms with Crippen molar-refractivity contribution in [1.29, 1.82) is 0 Å². The molecule has 10 aromatic rings. The summed E-state index contributed by atoms with van der Waals surface area (Å²) >= 11 is 0. The van der Waals surface area contributed by atoms with Gasteiger partial charge in [-0.05, 0) is 138 Å². The minimum Gasteiger partial charge on any atom is -0.310 e. The van der Waals surface area contributed by atoms with E-state index in [1.165, 1.54) is 89.0 Å². The molecule has 0 saturated carbocycles. The van der Waals surface area contributed by atoms with Crippen LogP contribution in [0, 0.1) is 0 Å². The number of anilines is 3. The van der Waals surface area contributed by atoms with Crippen LogP contribution in [0.15, 0.2) is 249 Å². The summed E-state index contributed by atoms with van der Waals surface area (Å²) in [5, 5.41) is 0. The molecule has 2 aliphatic rings. The van der Waals surface area contributed by atoms with Crippen molar-refractivity contribution in [3.8, 4) is 55.6 Å². The topological polar surface area (TPSA) is 3.24 Å². The Hall–Kier alpha value is -8.00. The number of rotatable bonds is 8. The molecule has 0 saturated heterocycles. The average molecular weight is 830 g/mol. The van der Waals surface area contributed by atoms with Gasteiger partial charge in [-0.2, -0.15) is 0 Å². The van der Waals surface area contributed by atoms with Crippen LogP contribution in [-0.2, 0) is 10.8 Å². The van der Waals surface area contributed by atoms with Crippen LogP contribution in [0.4, 0.5) is 17.1 Å². The fourth-order valence-electron chi connectivity index (χ4n) is 11.1. The van der Waals surface area contributed by atoms with Crippen LogP contribution in [0.25, 0.3) is 55.6 Å². The summed E-state index contributed by atoms with van der Waals surface area (Å²) in [6, 6.07) is 92.0. The molecule has 0 spiro atoms. The maximum atomic E-state index is 2.50. The van der Waals surface area contributed by atoms with E-state index in [9.17, 15) is 0 Å². The number of benzene rings is 10. The van der Waals surface area contributed by atoms with Crippen molar-refractivity contribution in [3.63, 3.8) is 0 Å². The van der Waals surface area contributed by atoms with Crippen LogP contribution in [0.3, 0.4) is 0 Å². The first-order valence-corrected chi connectivity index (χ1v) is 22.8. The molecule has 0 atom stereocenters. The molecule has 0 bridgehead atoms. The summed E-state index contributed by atoms with van der Waals surface area (Å²) in [4.78, 5) is 2.41. The molecule has 0 N–H and O–H groups in total. The van der Waals surface area contributed by atoms with Crippen molar-refractivity contribution >= 4 is 17.1 Å². The fourth-order valence-corrected chi connectivity index (χ4v) is 11.1. The minimum atomic E-state index is -0.484. The van der Waals surface area contributed by atoms with Gasteiger partial charge in [-0.15, -0.1) is 0 Å². The Morgan fingerprint density at radius 3 is 1.26 bits per heavy atom. The third-order valence-electron chi connectivity index (χ3n) is 14.2. The zero-order chi connectivity index (χ0) is 43.5. The first-order chi connectivity index (χ1) is 32.0. The smallest absolute Gasteiger partial charge is 0.0713 e. The number of hydrogen-bond acceptors (Lipinski definition) is 1. The van der Waals surface area contributed by atoms with E-state index in [-0.39, 0.29) is 5.41 Å². The molecule has 0 aliphatic heterocycles. The van der Waals surface area contributed by atoms with Gasteiger partial charge < -0.3 is 4.90 Å². The van der Waals surface area contributed by atoms with Gasteiger partial charge in [0, 0.05) is 22.5 Å². The minimum absolute atomic E-state index is 0.0665. The Morgan fingerprint density at radius 1 is 0.262 bits per heavy atom. The van der Waals surface area contributed by atoms with E-state index in [1.807, 2.05) is 0 Å². The maximum Gasteiger partial charge on any atom is 0.0713 e. The van der Waals surface area contributed by atoms with E-state index in [1.54, 1.807) is 0 Å². The molecule has 1 heteroatoms. The second kappa shape index (κ2) is 15.4. The molecule has 0 amide bonds. The van der Waals surface area contributed by atoms with Gasteiger partial charge in [-0.3, -0.25) is 0 Å². The zero-order valence-corrected chi connectivity index (χ0v) is 36.6. The number of fused-ring (bicyclic) bond motifs is 6. The molecular formula is C64H47N. The van der Waals surface area contributed by atoms with Crippen molar-refractivity contribution < 1.29 is 0 Å². The highest BCUT2D eigenvalue weighted by molar-refractivity contribution is 5.95. The normalized spacial score (nSPS) is 13.6. The second-order valence-corrected chi connectivity index (χ2v) is 18.0. The quantitative estimate of drug-likeness (QED) is 0.147. The third kappa shape index (κ3) is 6.15. The first kappa shape index (κ1) is 38.7. The van der Waals surface area contributed by atoms with Gasteiger partial charge >= 0.3 is 0 Å². The first-order valence-electron chi connectivity index (χ1n) is 22.8. The molecular weight excluding hydrogens is 783 g/mol. The van der Waals surface area contributed by atoms with Crippen molar-refractivity contribution in [2.75, 3.05) is 4.90 Å². The summed E-state index contributed by atoms with van der Waals surface area (Å²) in [5.41, 5.74) is 23.1. The average Bonchev–Trinajstić information content (AvgIpc) is 3.80. The van der Waals surface area contributed by atoms with Crippen LogP contribution in [0.5, 0.6) is 0 Å². The summed E-state index contributed by atoms with van der Waals surface area (Å²) in [7, 11) is 0. The van der Waals surface area contributed by atoms with Crippen molar-refractivity contribution in [2.24, 2.45) is 0 Å². The molecule has 0 aromatic heterocycles. The molecule has 2 aliphatic carbocycles. The molecule has 0 heterocycles. The lowest BCUT2D eigenvalue weighted by Crippen LogP contribution is -2.28. The van der Waals surface area contributed by atoms with Gasteiger partial charge in [0.05, 0.1) is 5.41 Å². The number of nitrogens with zero attached hydrogens (tertiary/aromatic N) is 1. The predicted molar refractivity (Wildman–Crippen MR) is 272 cm³/mol. The van der Waals surface area contributed by atoms with Crippen molar-refractivity contribution in [3.05, 3.63) is 282 Å². The van der Waals surface area contributed by atoms with E-state index in [2.05, 4.69) is 267 Å². The SMILES string of the molecule is CC1(C)c2ccccc2-c2cc(N(c3ccc(-c4ccccc4)cc3)c3ccc(-c4cc5c(cc4-c4ccccc4)C(c4ccccc4)(c4ccccc4)c4ccccc4-5)cc3)ccc21. The summed E-state index contributed by atoms with van der Waals surface area (Å²) in [6.07, 6.45) is 0. The third-order valence-corrected chi connectivity index (χ3v) is 14.2. The van der Waals surface area contributed by atoms with Crippen LogP contribution >= 0.6 is 0 Å². The molecule has 0 unspecified atom stereocenters. The van der Waals surface area contributed by atoms with Crippen molar-refractivity contribution in [2.45, 2.75) is 24.7 Å². The lowest BCUT2D eigenvalue weighted by Gasteiger charge is -2.34. The van der Waals surface area contributed by atoms with Crippen LogP contribution < -0.4 is 4.90 Å². The van der Waals surface area contributed by atoms with Crippen molar-refractivity contribution in [1.82, 2.24) is 0 Å². The largest absolute Gasteiger partial charge is 0.310 e. The zero-order valence-electron chi connectivity index (χ0n) is 36.6. The van der Waals surface area contributed by atoms with Gasteiger partial charge in [0.2, 0.25) is 0 Å². The van der Waals surface area contributed by atoms with Gasteiger partial charge in [0.25, 0.3) is 0 Å². The predicted octanol–water partition coefficient (Wildman–Crippen LogP) is 16.8. The second-order valence-electron chi connectivity index (χ2n) is 18.0. The van der Waals surface area contributed by atoms with Gasteiger partial charge in [-0.1, -0.05) is 214 Å². The molecule has 65 heavy (non-hydrogen) atoms. The molecule has 308 valence electrons. The Morgan fingerprint density at radius 2 is 0.662 bits per heavy atom. The lowest BCUT2D eigenvalue weighted by molar-refractivity contribution is 0.660. The Bertz CT molecular complexity index is 3310. The van der Waals surface area contributed by atoms with E-state index >= 15 is 0 Å². The van der Waals surface area contributed by atoms with Gasteiger partial charge in [0.1, 0.15) is 0 Å². The summed E-state index contributed by atoms with van der Waals surface area (Å²) in [5.74, 6) is 0. The molecule has 0 fully saturated rings. The Balaban J connectivity index is 1.03. The highest BCUT2D eigenvalue weighted by Gasteiger charge is 2.46. The van der Waals surface area contributed by atoms with E-state index in [4.69, 9.17) is 0 Å². The van der Waals surface area contributed by atoms with E-state index in [0.29, 0.717) is 0 Å². The Kier molecular flexibility index (Phi) is 9.14. The highest BCUT2D eigenvalue weighted by atomic mass is 15.1. The molecule has 1 nitrogen and oxygen atoms in total. The number of hydrogen-bond donors (Lipinski definition) is 0. The highest BCUT2D eigenvalue weighted by Crippen LogP contribution is 2.58. The summed E-state index contributed by atoms with van der Waals surface area (Å²) < 4.78 is 0. The van der Waals surface area contributed by atoms with Crippen LogP contribution in [0.1, 0.15) is 47.2 Å². The molecule has 12 rings (SSSR count). The lowest BCUT2D eigenvalue weighted by atomic mass is 9.67. The Labute approximate surface area is 382 Å². The van der Waals surface area contributed by atoms with E-state index < -0.39 is 5.41 Å². The maximum absolute atomic E-state index is 2.50. The monoisotopic (exact) mass is 829 g/mol. The van der Waals surface area contributed by atoms with Crippen LogP contribution in [-0.4, -0.2) is 0 Å². The summed E-state index contributed by atoms with van der Waals surface area (Å²) in [6.45, 7) is 4.70. The molecule has 10 aromatic carbocycles. The molecule has 0 radical (unpaired) electrons. The van der Waals surface area contributed by atoms with Gasteiger partial charge in [0.15, 0.2) is 0 Å². The van der Waals surface area contributed by atoms with Gasteiger partial charge in [-0.25, -0.2) is 0 Å². The van der Waals surface area contributed by atoms with E-state index in [0.717, 1.165) is 17.1 Å².